The number of carbonyl (C=O) groups is 2. The zero-order valence-electron chi connectivity index (χ0n) is 14.5. The summed E-state index contributed by atoms with van der Waals surface area (Å²) in [6.07, 6.45) is 3.34. The molecule has 1 unspecified atom stereocenters. The zero-order chi connectivity index (χ0) is 18.5. The number of thioether (sulfide) groups is 1. The molecule has 6 heteroatoms. The van der Waals surface area contributed by atoms with E-state index in [1.807, 2.05) is 12.1 Å². The molecule has 26 heavy (non-hydrogen) atoms. The van der Waals surface area contributed by atoms with Crippen molar-refractivity contribution in [3.63, 3.8) is 0 Å². The summed E-state index contributed by atoms with van der Waals surface area (Å²) >= 11 is 1.26. The highest BCUT2D eigenvalue weighted by molar-refractivity contribution is 8.01. The lowest BCUT2D eigenvalue weighted by molar-refractivity contribution is -0.115. The maximum atomic E-state index is 12.9. The minimum atomic E-state index is -0.359. The molecular weight excluding hydrogens is 351 g/mol. The van der Waals surface area contributed by atoms with E-state index in [0.29, 0.717) is 5.69 Å². The van der Waals surface area contributed by atoms with Crippen LogP contribution in [0.2, 0.25) is 0 Å². The number of hydrogen-bond acceptors (Lipinski definition) is 3. The lowest BCUT2D eigenvalue weighted by Crippen LogP contribution is -2.25. The Labute approximate surface area is 156 Å². The number of benzene rings is 2. The van der Waals surface area contributed by atoms with Crippen molar-refractivity contribution in [3.8, 4) is 0 Å². The minimum absolute atomic E-state index is 0.123. The number of nitrogens with one attached hydrogen (secondary N) is 2. The average molecular weight is 372 g/mol. The Morgan fingerprint density at radius 3 is 2.50 bits per heavy atom. The number of aryl methyl sites for hydroxylation is 2. The molecule has 1 aliphatic rings. The number of anilines is 2. The Morgan fingerprint density at radius 2 is 1.73 bits per heavy atom. The van der Waals surface area contributed by atoms with Crippen LogP contribution in [-0.2, 0) is 22.4 Å². The number of amides is 2. The van der Waals surface area contributed by atoms with Gasteiger partial charge in [0.15, 0.2) is 0 Å². The van der Waals surface area contributed by atoms with E-state index in [1.165, 1.54) is 53.6 Å². The monoisotopic (exact) mass is 372 g/mol. The number of halogens is 1. The standard InChI is InChI=1S/C20H21FN2O2S/c1-13(26-12-19(24)22-17-9-6-16(21)7-10-17)20(25)23-18-8-5-14-3-2-4-15(14)11-18/h5-11,13H,2-4,12H2,1H3,(H,22,24)(H,23,25). The largest absolute Gasteiger partial charge is 0.325 e. The van der Waals surface area contributed by atoms with Gasteiger partial charge in [-0.3, -0.25) is 9.59 Å². The molecule has 1 atom stereocenters. The quantitative estimate of drug-likeness (QED) is 0.805. The van der Waals surface area contributed by atoms with Crippen LogP contribution in [-0.4, -0.2) is 22.8 Å². The summed E-state index contributed by atoms with van der Waals surface area (Å²) in [5.41, 5.74) is 4.01. The topological polar surface area (TPSA) is 58.2 Å². The molecule has 0 fully saturated rings. The van der Waals surface area contributed by atoms with Gasteiger partial charge in [0, 0.05) is 11.4 Å². The molecule has 2 amide bonds. The fourth-order valence-electron chi connectivity index (χ4n) is 2.90. The lowest BCUT2D eigenvalue weighted by atomic mass is 10.1. The van der Waals surface area contributed by atoms with Crippen LogP contribution < -0.4 is 10.6 Å². The smallest absolute Gasteiger partial charge is 0.237 e. The van der Waals surface area contributed by atoms with Crippen molar-refractivity contribution in [2.24, 2.45) is 0 Å². The van der Waals surface area contributed by atoms with E-state index < -0.39 is 0 Å². The lowest BCUT2D eigenvalue weighted by Gasteiger charge is -2.13. The van der Waals surface area contributed by atoms with Gasteiger partial charge < -0.3 is 10.6 Å². The van der Waals surface area contributed by atoms with E-state index in [0.717, 1.165) is 18.5 Å². The van der Waals surface area contributed by atoms with Crippen LogP contribution in [0.5, 0.6) is 0 Å². The van der Waals surface area contributed by atoms with E-state index >= 15 is 0 Å². The van der Waals surface area contributed by atoms with Crippen molar-refractivity contribution in [1.82, 2.24) is 0 Å². The molecule has 1 aliphatic carbocycles. The first-order valence-electron chi connectivity index (χ1n) is 8.61. The van der Waals surface area contributed by atoms with Gasteiger partial charge in [-0.2, -0.15) is 0 Å². The number of hydrogen-bond donors (Lipinski definition) is 2. The first-order valence-corrected chi connectivity index (χ1v) is 9.66. The van der Waals surface area contributed by atoms with Gasteiger partial charge in [-0.25, -0.2) is 4.39 Å². The summed E-state index contributed by atoms with van der Waals surface area (Å²) in [5, 5.41) is 5.24. The molecule has 0 saturated heterocycles. The predicted octanol–water partition coefficient (Wildman–Crippen LogP) is 4.01. The third kappa shape index (κ3) is 4.85. The first kappa shape index (κ1) is 18.5. The molecule has 3 rings (SSSR count). The highest BCUT2D eigenvalue weighted by Gasteiger charge is 2.17. The van der Waals surface area contributed by atoms with Gasteiger partial charge in [-0.1, -0.05) is 6.07 Å². The molecule has 0 aromatic heterocycles. The van der Waals surface area contributed by atoms with Gasteiger partial charge in [0.25, 0.3) is 0 Å². The van der Waals surface area contributed by atoms with Gasteiger partial charge >= 0.3 is 0 Å². The van der Waals surface area contributed by atoms with Crippen LogP contribution in [0.4, 0.5) is 15.8 Å². The van der Waals surface area contributed by atoms with Crippen LogP contribution in [0.15, 0.2) is 42.5 Å². The summed E-state index contributed by atoms with van der Waals surface area (Å²) in [5.74, 6) is -0.550. The second kappa shape index (κ2) is 8.36. The molecule has 0 bridgehead atoms. The van der Waals surface area contributed by atoms with Gasteiger partial charge in [0.1, 0.15) is 5.82 Å². The van der Waals surface area contributed by atoms with Crippen molar-refractivity contribution < 1.29 is 14.0 Å². The molecular formula is C20H21FN2O2S. The second-order valence-corrected chi connectivity index (χ2v) is 7.66. The number of carbonyl (C=O) groups excluding carboxylic acids is 2. The summed E-state index contributed by atoms with van der Waals surface area (Å²) in [6, 6.07) is 11.6. The molecule has 0 radical (unpaired) electrons. The van der Waals surface area contributed by atoms with Crippen LogP contribution in [0.25, 0.3) is 0 Å². The Bertz CT molecular complexity index is 808. The van der Waals surface area contributed by atoms with Gasteiger partial charge in [0.2, 0.25) is 11.8 Å². The van der Waals surface area contributed by atoms with Crippen LogP contribution in [0, 0.1) is 5.82 Å². The van der Waals surface area contributed by atoms with Gasteiger partial charge in [-0.15, -0.1) is 11.8 Å². The second-order valence-electron chi connectivity index (χ2n) is 6.33. The fraction of sp³-hybridized carbons (Fsp3) is 0.300. The molecule has 2 N–H and O–H groups in total. The van der Waals surface area contributed by atoms with E-state index in [2.05, 4.69) is 16.7 Å². The Hall–Kier alpha value is -2.34. The van der Waals surface area contributed by atoms with Crippen molar-refractivity contribution in [2.45, 2.75) is 31.4 Å². The van der Waals surface area contributed by atoms with E-state index in [1.54, 1.807) is 6.92 Å². The van der Waals surface area contributed by atoms with Crippen LogP contribution in [0.1, 0.15) is 24.5 Å². The third-order valence-corrected chi connectivity index (χ3v) is 5.47. The average Bonchev–Trinajstić information content (AvgIpc) is 3.09. The normalized spacial score (nSPS) is 13.8. The molecule has 136 valence electrons. The molecule has 2 aromatic rings. The van der Waals surface area contributed by atoms with Crippen LogP contribution in [0.3, 0.4) is 0 Å². The Balaban J connectivity index is 1.46. The Morgan fingerprint density at radius 1 is 1.04 bits per heavy atom. The highest BCUT2D eigenvalue weighted by Crippen LogP contribution is 2.25. The van der Waals surface area contributed by atoms with Gasteiger partial charge in [0.05, 0.1) is 11.0 Å². The van der Waals surface area contributed by atoms with Crippen LogP contribution >= 0.6 is 11.8 Å². The van der Waals surface area contributed by atoms with Crippen molar-refractivity contribution in [1.29, 1.82) is 0 Å². The van der Waals surface area contributed by atoms with E-state index in [9.17, 15) is 14.0 Å². The molecule has 0 aliphatic heterocycles. The number of rotatable bonds is 6. The SMILES string of the molecule is CC(SCC(=O)Nc1ccc(F)cc1)C(=O)Nc1ccc2c(c1)CCC2. The van der Waals surface area contributed by atoms with Crippen molar-refractivity contribution in [2.75, 3.05) is 16.4 Å². The van der Waals surface area contributed by atoms with Crippen molar-refractivity contribution in [3.05, 3.63) is 59.4 Å². The maximum absolute atomic E-state index is 12.9. The van der Waals surface area contributed by atoms with Crippen molar-refractivity contribution >= 4 is 35.0 Å². The summed E-state index contributed by atoms with van der Waals surface area (Å²) in [4.78, 5) is 24.3. The number of fused-ring (bicyclic) bond motifs is 1. The summed E-state index contributed by atoms with van der Waals surface area (Å²) in [6.45, 7) is 1.78. The van der Waals surface area contributed by atoms with E-state index in [-0.39, 0.29) is 28.6 Å². The molecule has 0 heterocycles. The zero-order valence-corrected chi connectivity index (χ0v) is 15.4. The summed E-state index contributed by atoms with van der Waals surface area (Å²) in [7, 11) is 0. The molecule has 2 aromatic carbocycles. The first-order chi connectivity index (χ1) is 12.5. The molecule has 4 nitrogen and oxygen atoms in total. The third-order valence-electron chi connectivity index (χ3n) is 4.33. The predicted molar refractivity (Wildman–Crippen MR) is 104 cm³/mol. The summed E-state index contributed by atoms with van der Waals surface area (Å²) < 4.78 is 12.9. The van der Waals surface area contributed by atoms with E-state index in [4.69, 9.17) is 0 Å². The molecule has 0 spiro atoms. The maximum Gasteiger partial charge on any atom is 0.237 e. The Kier molecular flexibility index (Phi) is 5.93. The molecule has 0 saturated carbocycles. The van der Waals surface area contributed by atoms with Gasteiger partial charge in [-0.05, 0) is 73.7 Å². The fourth-order valence-corrected chi connectivity index (χ4v) is 3.58. The minimum Gasteiger partial charge on any atom is -0.325 e. The highest BCUT2D eigenvalue weighted by atomic mass is 32.2.